The van der Waals surface area contributed by atoms with E-state index in [1.165, 1.54) is 62.4 Å². The van der Waals surface area contributed by atoms with E-state index in [0.29, 0.717) is 39.5 Å². The van der Waals surface area contributed by atoms with Crippen LogP contribution >= 0.6 is 0 Å². The molecule has 1 aromatic heterocycles. The molecule has 7 rings (SSSR count). The Kier molecular flexibility index (Phi) is 7.50. The Morgan fingerprint density at radius 2 is 1.66 bits per heavy atom. The first-order valence-electron chi connectivity index (χ1n) is 15.9. The van der Waals surface area contributed by atoms with Crippen LogP contribution < -0.4 is 21.5 Å². The van der Waals surface area contributed by atoms with Crippen molar-refractivity contribution in [2.75, 3.05) is 18.4 Å². The first-order chi connectivity index (χ1) is 19.6. The molecule has 4 aliphatic carbocycles. The normalized spacial score (nSPS) is 32.5. The molecule has 41 heavy (non-hydrogen) atoms. The number of carbonyl (C=O) groups is 2. The van der Waals surface area contributed by atoms with Crippen LogP contribution in [0.2, 0.25) is 0 Å². The molecule has 5 aliphatic rings. The van der Waals surface area contributed by atoms with Gasteiger partial charge in [-0.05, 0) is 100 Å². The summed E-state index contributed by atoms with van der Waals surface area (Å²) in [6, 6.07) is 4.94. The topological polar surface area (TPSA) is 105 Å². The number of anilines is 1. The lowest BCUT2D eigenvalue weighted by Gasteiger charge is -2.65. The van der Waals surface area contributed by atoms with Crippen LogP contribution in [-0.4, -0.2) is 40.0 Å². The zero-order valence-corrected chi connectivity index (χ0v) is 25.1. The van der Waals surface area contributed by atoms with Gasteiger partial charge in [-0.3, -0.25) is 24.3 Å². The van der Waals surface area contributed by atoms with Crippen molar-refractivity contribution in [3.63, 3.8) is 0 Å². The number of unbranched alkanes of at least 4 members (excludes halogenated alkanes) is 4. The maximum absolute atomic E-state index is 13.6. The number of benzene rings is 1. The number of aromatic nitrogens is 2. The number of piperidine rings is 1. The number of hydrogen-bond donors (Lipinski definition) is 3. The van der Waals surface area contributed by atoms with Gasteiger partial charge in [-0.1, -0.05) is 39.2 Å². The summed E-state index contributed by atoms with van der Waals surface area (Å²) in [6.45, 7) is 8.75. The second-order valence-electron chi connectivity index (χ2n) is 14.5. The largest absolute Gasteiger partial charge is 0.384 e. The van der Waals surface area contributed by atoms with Crippen LogP contribution in [0.1, 0.15) is 109 Å². The maximum Gasteiger partial charge on any atom is 0.264 e. The number of imide groups is 1. The number of amides is 2. The van der Waals surface area contributed by atoms with Crippen molar-refractivity contribution in [3.8, 4) is 0 Å². The van der Waals surface area contributed by atoms with E-state index in [1.54, 1.807) is 6.92 Å². The fourth-order valence-corrected chi connectivity index (χ4v) is 9.80. The summed E-state index contributed by atoms with van der Waals surface area (Å²) >= 11 is 0. The number of nitrogens with one attached hydrogen (secondary N) is 3. The number of carbonyl (C=O) groups excluding carboxylic acids is 2. The minimum atomic E-state index is -0.714. The first kappa shape index (κ1) is 28.4. The Bertz CT molecular complexity index is 1380. The summed E-state index contributed by atoms with van der Waals surface area (Å²) in [5.41, 5.74) is 2.66. The number of hydrogen-bond acceptors (Lipinski definition) is 6. The molecular formula is C33H47N5O3. The molecule has 3 unspecified atom stereocenters. The van der Waals surface area contributed by atoms with Gasteiger partial charge in [0, 0.05) is 24.2 Å². The molecule has 2 aromatic rings. The van der Waals surface area contributed by atoms with Gasteiger partial charge in [0.25, 0.3) is 5.56 Å². The second kappa shape index (κ2) is 10.8. The first-order valence-corrected chi connectivity index (χ1v) is 15.9. The molecule has 0 spiro atoms. The van der Waals surface area contributed by atoms with E-state index in [2.05, 4.69) is 34.8 Å². The maximum atomic E-state index is 13.6. The third kappa shape index (κ3) is 5.69. The summed E-state index contributed by atoms with van der Waals surface area (Å²) in [6.07, 6.45) is 14.9. The van der Waals surface area contributed by atoms with Gasteiger partial charge in [0.2, 0.25) is 11.8 Å². The molecule has 1 saturated heterocycles. The van der Waals surface area contributed by atoms with E-state index >= 15 is 0 Å². The van der Waals surface area contributed by atoms with Gasteiger partial charge < -0.3 is 10.6 Å². The zero-order chi connectivity index (χ0) is 28.8. The van der Waals surface area contributed by atoms with Crippen molar-refractivity contribution in [3.05, 3.63) is 34.4 Å². The highest BCUT2D eigenvalue weighted by Gasteiger charge is 2.59. The molecule has 5 fully saturated rings. The third-order valence-electron chi connectivity index (χ3n) is 10.4. The monoisotopic (exact) mass is 561 g/mol. The van der Waals surface area contributed by atoms with Crippen LogP contribution in [0.5, 0.6) is 0 Å². The number of fused-ring (bicyclic) bond motifs is 1. The SMILES string of the molecule is Cc1nc2cccc(NCCCCCCCNC34CC5CC(C)(CC(C)(C5)C3)C4)c2c(=O)n1C1CCC(=O)NC1=O. The molecule has 4 saturated carbocycles. The Hall–Kier alpha value is -2.74. The summed E-state index contributed by atoms with van der Waals surface area (Å²) in [5, 5.41) is 10.4. The van der Waals surface area contributed by atoms with E-state index in [4.69, 9.17) is 0 Å². The molecule has 1 aliphatic heterocycles. The lowest BCUT2D eigenvalue weighted by molar-refractivity contribution is -0.135. The number of nitrogens with zero attached hydrogens (tertiary/aromatic N) is 2. The summed E-state index contributed by atoms with van der Waals surface area (Å²) in [4.78, 5) is 42.3. The summed E-state index contributed by atoms with van der Waals surface area (Å²) < 4.78 is 1.45. The van der Waals surface area contributed by atoms with Gasteiger partial charge in [-0.2, -0.15) is 0 Å². The van der Waals surface area contributed by atoms with Gasteiger partial charge in [-0.25, -0.2) is 4.98 Å². The molecule has 3 N–H and O–H groups in total. The second-order valence-corrected chi connectivity index (χ2v) is 14.5. The van der Waals surface area contributed by atoms with Gasteiger partial charge in [0.15, 0.2) is 0 Å². The molecule has 1 aromatic carbocycles. The lowest BCUT2D eigenvalue weighted by atomic mass is 9.43. The highest BCUT2D eigenvalue weighted by molar-refractivity contribution is 5.99. The Morgan fingerprint density at radius 1 is 0.951 bits per heavy atom. The molecule has 2 amide bonds. The van der Waals surface area contributed by atoms with Crippen LogP contribution in [0.4, 0.5) is 5.69 Å². The standard InChI is InChI=1S/C33H47N5O3/c1-22-36-25-11-9-10-24(28(25)30(41)38(22)26-12-13-27(39)37-29(26)40)34-14-7-5-4-6-8-15-35-33-18-23-16-31(2,20-33)19-32(3,17-23)21-33/h9-11,23,26,34-35H,4-8,12-21H2,1-3H3,(H,37,39,40). The zero-order valence-electron chi connectivity index (χ0n) is 25.1. The number of aryl methyl sites for hydroxylation is 1. The Morgan fingerprint density at radius 3 is 2.37 bits per heavy atom. The summed E-state index contributed by atoms with van der Waals surface area (Å²) in [7, 11) is 0. The van der Waals surface area contributed by atoms with Crippen molar-refractivity contribution in [1.82, 2.24) is 20.2 Å². The average molecular weight is 562 g/mol. The minimum Gasteiger partial charge on any atom is -0.384 e. The molecule has 8 heteroatoms. The van der Waals surface area contributed by atoms with E-state index in [9.17, 15) is 14.4 Å². The van der Waals surface area contributed by atoms with Crippen molar-refractivity contribution >= 4 is 28.4 Å². The van der Waals surface area contributed by atoms with Gasteiger partial charge in [-0.15, -0.1) is 0 Å². The van der Waals surface area contributed by atoms with Crippen LogP contribution in [0.3, 0.4) is 0 Å². The molecule has 3 atom stereocenters. The van der Waals surface area contributed by atoms with Crippen molar-refractivity contribution in [2.45, 2.75) is 116 Å². The molecular weight excluding hydrogens is 514 g/mol. The average Bonchev–Trinajstić information content (AvgIpc) is 2.86. The van der Waals surface area contributed by atoms with E-state index in [1.807, 2.05) is 18.2 Å². The molecule has 4 bridgehead atoms. The fraction of sp³-hybridized carbons (Fsp3) is 0.697. The van der Waals surface area contributed by atoms with E-state index < -0.39 is 11.9 Å². The van der Waals surface area contributed by atoms with Gasteiger partial charge in [0.1, 0.15) is 11.9 Å². The molecule has 222 valence electrons. The van der Waals surface area contributed by atoms with Crippen LogP contribution in [0.15, 0.2) is 23.0 Å². The van der Waals surface area contributed by atoms with Crippen LogP contribution in [0.25, 0.3) is 10.9 Å². The van der Waals surface area contributed by atoms with Crippen LogP contribution in [0, 0.1) is 23.7 Å². The Labute approximate surface area is 243 Å². The summed E-state index contributed by atoms with van der Waals surface area (Å²) in [5.74, 6) is 0.684. The minimum absolute atomic E-state index is 0.219. The lowest BCUT2D eigenvalue weighted by Crippen LogP contribution is -2.64. The van der Waals surface area contributed by atoms with Crippen molar-refractivity contribution in [2.24, 2.45) is 16.7 Å². The molecule has 8 nitrogen and oxygen atoms in total. The predicted octanol–water partition coefficient (Wildman–Crippen LogP) is 5.38. The van der Waals surface area contributed by atoms with Crippen molar-refractivity contribution < 1.29 is 9.59 Å². The van der Waals surface area contributed by atoms with Gasteiger partial charge >= 0.3 is 0 Å². The highest BCUT2D eigenvalue weighted by Crippen LogP contribution is 2.66. The smallest absolute Gasteiger partial charge is 0.264 e. The van der Waals surface area contributed by atoms with E-state index in [0.717, 1.165) is 37.5 Å². The fourth-order valence-electron chi connectivity index (χ4n) is 9.80. The molecule has 2 heterocycles. The van der Waals surface area contributed by atoms with Gasteiger partial charge in [0.05, 0.1) is 10.9 Å². The quantitative estimate of drug-likeness (QED) is 0.251. The van der Waals surface area contributed by atoms with Crippen molar-refractivity contribution in [1.29, 1.82) is 0 Å². The number of rotatable bonds is 11. The molecule has 0 radical (unpaired) electrons. The van der Waals surface area contributed by atoms with Crippen LogP contribution in [-0.2, 0) is 9.59 Å². The van der Waals surface area contributed by atoms with E-state index in [-0.39, 0.29) is 17.9 Å². The third-order valence-corrected chi connectivity index (χ3v) is 10.4. The highest BCUT2D eigenvalue weighted by atomic mass is 16.2. The Balaban J connectivity index is 0.974. The predicted molar refractivity (Wildman–Crippen MR) is 162 cm³/mol.